The lowest BCUT2D eigenvalue weighted by molar-refractivity contribution is -0.662. The molecule has 33 heavy (non-hydrogen) atoms. The van der Waals surface area contributed by atoms with E-state index in [-0.39, 0.29) is 6.61 Å². The summed E-state index contributed by atoms with van der Waals surface area (Å²) < 4.78 is 2.29. The van der Waals surface area contributed by atoms with Gasteiger partial charge in [-0.3, -0.25) is 0 Å². The van der Waals surface area contributed by atoms with E-state index in [9.17, 15) is 5.11 Å². The number of anilines is 1. The third kappa shape index (κ3) is 4.69. The molecule has 5 heteroatoms. The highest BCUT2D eigenvalue weighted by molar-refractivity contribution is 8.03. The monoisotopic (exact) mass is 471 g/mol. The van der Waals surface area contributed by atoms with Crippen LogP contribution in [0.25, 0.3) is 17.0 Å². The van der Waals surface area contributed by atoms with Gasteiger partial charge in [0, 0.05) is 34.2 Å². The summed E-state index contributed by atoms with van der Waals surface area (Å²) in [5, 5.41) is 12.6. The molecule has 1 aliphatic heterocycles. The van der Waals surface area contributed by atoms with E-state index in [4.69, 9.17) is 11.6 Å². The van der Waals surface area contributed by atoms with Gasteiger partial charge < -0.3 is 10.0 Å². The van der Waals surface area contributed by atoms with Crippen LogP contribution in [0.1, 0.15) is 11.1 Å². The standard InChI is InChI=1S/C28H24ClN2OS/c29-23-13-14-27-26(19-23)31(17-18-32)28(33-27)12-6-9-22-15-16-30(20-21-7-2-1-3-8-21)25-11-5-4-10-24(22)25/h1-16,19,32H,17-18,20H2/q+1. The molecular formula is C28H24ClN2OS+. The van der Waals surface area contributed by atoms with Gasteiger partial charge in [0.25, 0.3) is 0 Å². The SMILES string of the molecule is OCCN1/C(=C/C=C/c2cc[n+](Cc3ccccc3)c3ccccc23)Sc2ccc(Cl)cc21. The van der Waals surface area contributed by atoms with Crippen LogP contribution in [0, 0.1) is 0 Å². The number of rotatable bonds is 6. The van der Waals surface area contributed by atoms with Crippen molar-refractivity contribution in [2.24, 2.45) is 0 Å². The first-order valence-electron chi connectivity index (χ1n) is 10.9. The second-order valence-corrected chi connectivity index (χ2v) is 9.35. The quantitative estimate of drug-likeness (QED) is 0.335. The Bertz CT molecular complexity index is 1350. The van der Waals surface area contributed by atoms with Gasteiger partial charge in [-0.25, -0.2) is 0 Å². The number of pyridine rings is 1. The molecule has 0 bridgehead atoms. The lowest BCUT2D eigenvalue weighted by Gasteiger charge is -2.18. The minimum Gasteiger partial charge on any atom is -0.395 e. The number of aliphatic hydroxyl groups excluding tert-OH is 1. The van der Waals surface area contributed by atoms with Gasteiger partial charge in [-0.15, -0.1) is 0 Å². The second kappa shape index (κ2) is 9.84. The highest BCUT2D eigenvalue weighted by atomic mass is 35.5. The zero-order chi connectivity index (χ0) is 22.6. The summed E-state index contributed by atoms with van der Waals surface area (Å²) >= 11 is 7.90. The molecule has 3 aromatic carbocycles. The molecule has 0 amide bonds. The van der Waals surface area contributed by atoms with Crippen LogP contribution in [-0.2, 0) is 6.54 Å². The predicted molar refractivity (Wildman–Crippen MR) is 139 cm³/mol. The Labute approximate surface area is 203 Å². The van der Waals surface area contributed by atoms with Crippen molar-refractivity contribution >= 4 is 46.0 Å². The summed E-state index contributed by atoms with van der Waals surface area (Å²) in [6, 6.07) is 27.1. The van der Waals surface area contributed by atoms with Gasteiger partial charge in [-0.05, 0) is 35.9 Å². The average Bonchev–Trinajstić information content (AvgIpc) is 3.18. The molecule has 0 atom stereocenters. The van der Waals surface area contributed by atoms with Crippen LogP contribution < -0.4 is 9.47 Å². The minimum atomic E-state index is 0.0817. The predicted octanol–water partition coefficient (Wildman–Crippen LogP) is 6.29. The molecule has 0 spiro atoms. The van der Waals surface area contributed by atoms with Crippen molar-refractivity contribution in [2.45, 2.75) is 11.4 Å². The number of fused-ring (bicyclic) bond motifs is 2. The smallest absolute Gasteiger partial charge is 0.213 e. The Hall–Kier alpha value is -3.05. The van der Waals surface area contributed by atoms with Crippen molar-refractivity contribution < 1.29 is 9.67 Å². The molecule has 0 aliphatic carbocycles. The van der Waals surface area contributed by atoms with Crippen molar-refractivity contribution in [1.82, 2.24) is 0 Å². The van der Waals surface area contributed by atoms with Gasteiger partial charge in [0.15, 0.2) is 12.7 Å². The molecule has 1 aliphatic rings. The third-order valence-electron chi connectivity index (χ3n) is 5.68. The van der Waals surface area contributed by atoms with Gasteiger partial charge in [0.2, 0.25) is 5.52 Å². The summed E-state index contributed by atoms with van der Waals surface area (Å²) in [5.41, 5.74) is 4.70. The number of hydrogen-bond acceptors (Lipinski definition) is 3. The van der Waals surface area contributed by atoms with Crippen molar-refractivity contribution in [3.63, 3.8) is 0 Å². The maximum atomic E-state index is 9.56. The van der Waals surface area contributed by atoms with Crippen molar-refractivity contribution in [3.8, 4) is 0 Å². The molecule has 1 aromatic heterocycles. The van der Waals surface area contributed by atoms with E-state index < -0.39 is 0 Å². The van der Waals surface area contributed by atoms with E-state index in [0.717, 1.165) is 22.2 Å². The molecule has 4 aromatic rings. The lowest BCUT2D eigenvalue weighted by atomic mass is 10.1. The Morgan fingerprint density at radius 2 is 1.79 bits per heavy atom. The number of allylic oxidation sites excluding steroid dienone is 2. The van der Waals surface area contributed by atoms with Crippen LogP contribution in [0.3, 0.4) is 0 Å². The Kier molecular flexibility index (Phi) is 6.49. The molecule has 3 nitrogen and oxygen atoms in total. The molecule has 2 heterocycles. The van der Waals surface area contributed by atoms with Gasteiger partial charge in [-0.2, -0.15) is 4.57 Å². The van der Waals surface area contributed by atoms with Crippen LogP contribution >= 0.6 is 23.4 Å². The number of hydrogen-bond donors (Lipinski definition) is 1. The third-order valence-corrected chi connectivity index (χ3v) is 7.05. The molecule has 0 unspecified atom stereocenters. The molecule has 0 radical (unpaired) electrons. The van der Waals surface area contributed by atoms with Gasteiger partial charge in [-0.1, -0.05) is 78.0 Å². The summed E-state index contributed by atoms with van der Waals surface area (Å²) in [5.74, 6) is 0. The molecule has 0 saturated carbocycles. The number of β-amino-alcohol motifs (C(OH)–C–C–N with tert-alkyl or cyclic N) is 1. The number of nitrogens with zero attached hydrogens (tertiary/aromatic N) is 2. The van der Waals surface area contributed by atoms with Gasteiger partial charge in [0.1, 0.15) is 0 Å². The van der Waals surface area contributed by atoms with Crippen LogP contribution in [0.15, 0.2) is 107 Å². The molecule has 0 saturated heterocycles. The van der Waals surface area contributed by atoms with Gasteiger partial charge in [0.05, 0.1) is 22.7 Å². The average molecular weight is 472 g/mol. The Morgan fingerprint density at radius 3 is 2.64 bits per heavy atom. The van der Waals surface area contributed by atoms with Crippen molar-refractivity contribution in [2.75, 3.05) is 18.1 Å². The largest absolute Gasteiger partial charge is 0.395 e. The summed E-state index contributed by atoms with van der Waals surface area (Å²) in [6.45, 7) is 1.45. The fourth-order valence-electron chi connectivity index (χ4n) is 4.13. The topological polar surface area (TPSA) is 27.3 Å². The zero-order valence-electron chi connectivity index (χ0n) is 18.1. The Balaban J connectivity index is 1.44. The van der Waals surface area contributed by atoms with Crippen LogP contribution in [-0.4, -0.2) is 18.3 Å². The molecular weight excluding hydrogens is 448 g/mol. The zero-order valence-corrected chi connectivity index (χ0v) is 19.6. The molecule has 1 N–H and O–H groups in total. The van der Waals surface area contributed by atoms with Crippen molar-refractivity contribution in [1.29, 1.82) is 0 Å². The first-order valence-corrected chi connectivity index (χ1v) is 12.1. The van der Waals surface area contributed by atoms with E-state index in [1.807, 2.05) is 24.3 Å². The number of thioether (sulfide) groups is 1. The minimum absolute atomic E-state index is 0.0817. The number of halogens is 1. The van der Waals surface area contributed by atoms with Crippen LogP contribution in [0.5, 0.6) is 0 Å². The molecule has 5 rings (SSSR count). The molecule has 164 valence electrons. The number of benzene rings is 3. The first-order chi connectivity index (χ1) is 16.2. The lowest BCUT2D eigenvalue weighted by Crippen LogP contribution is -2.34. The van der Waals surface area contributed by atoms with E-state index in [1.54, 1.807) is 11.8 Å². The number of aromatic nitrogens is 1. The second-order valence-electron chi connectivity index (χ2n) is 7.86. The number of para-hydroxylation sites is 1. The maximum absolute atomic E-state index is 9.56. The Morgan fingerprint density at radius 1 is 0.970 bits per heavy atom. The van der Waals surface area contributed by atoms with E-state index in [2.05, 4.69) is 88.5 Å². The highest BCUT2D eigenvalue weighted by Crippen LogP contribution is 2.46. The first kappa shape index (κ1) is 21.8. The fraction of sp³-hybridized carbons (Fsp3) is 0.107. The van der Waals surface area contributed by atoms with E-state index in [0.29, 0.717) is 11.6 Å². The summed E-state index contributed by atoms with van der Waals surface area (Å²) in [7, 11) is 0. The normalized spacial score (nSPS) is 14.5. The van der Waals surface area contributed by atoms with Crippen LogP contribution in [0.2, 0.25) is 5.02 Å². The molecule has 0 fully saturated rings. The van der Waals surface area contributed by atoms with E-state index >= 15 is 0 Å². The van der Waals surface area contributed by atoms with Crippen LogP contribution in [0.4, 0.5) is 5.69 Å². The van der Waals surface area contributed by atoms with Crippen molar-refractivity contribution in [3.05, 3.63) is 118 Å². The number of aliphatic hydroxyl groups is 1. The maximum Gasteiger partial charge on any atom is 0.213 e. The summed E-state index contributed by atoms with van der Waals surface area (Å²) in [6.07, 6.45) is 8.50. The summed E-state index contributed by atoms with van der Waals surface area (Å²) in [4.78, 5) is 3.27. The van der Waals surface area contributed by atoms with E-state index in [1.165, 1.54) is 22.0 Å². The highest BCUT2D eigenvalue weighted by Gasteiger charge is 2.24. The fourth-order valence-corrected chi connectivity index (χ4v) is 5.38. The van der Waals surface area contributed by atoms with Gasteiger partial charge >= 0.3 is 0 Å².